The number of halogens is 1. The van der Waals surface area contributed by atoms with E-state index in [1.807, 2.05) is 6.92 Å². The molecule has 0 aliphatic rings. The quantitative estimate of drug-likeness (QED) is 0.461. The summed E-state index contributed by atoms with van der Waals surface area (Å²) in [6.07, 6.45) is 0. The minimum Gasteiger partial charge on any atom is -0.497 e. The summed E-state index contributed by atoms with van der Waals surface area (Å²) in [5, 5.41) is 2.99. The minimum absolute atomic E-state index is 0.0208. The number of anilines is 2. The van der Waals surface area contributed by atoms with Crippen LogP contribution in [-0.2, 0) is 14.8 Å². The average Bonchev–Trinajstić information content (AvgIpc) is 2.84. The Morgan fingerprint density at radius 3 is 2.09 bits per heavy atom. The van der Waals surface area contributed by atoms with Gasteiger partial charge in [-0.15, -0.1) is 0 Å². The summed E-state index contributed by atoms with van der Waals surface area (Å²) < 4.78 is 43.7. The summed E-state index contributed by atoms with van der Waals surface area (Å²) >= 11 is 6.13. The second kappa shape index (κ2) is 10.7. The molecule has 0 fully saturated rings. The number of ether oxygens (including phenoxy) is 3. The van der Waals surface area contributed by atoms with E-state index in [2.05, 4.69) is 5.32 Å². The molecule has 0 saturated heterocycles. The van der Waals surface area contributed by atoms with Gasteiger partial charge in [-0.2, -0.15) is 0 Å². The van der Waals surface area contributed by atoms with E-state index in [4.69, 9.17) is 25.8 Å². The van der Waals surface area contributed by atoms with E-state index in [0.717, 1.165) is 9.87 Å². The average molecular weight is 505 g/mol. The summed E-state index contributed by atoms with van der Waals surface area (Å²) in [5.41, 5.74) is 1.59. The van der Waals surface area contributed by atoms with Crippen molar-refractivity contribution in [1.29, 1.82) is 0 Å². The summed E-state index contributed by atoms with van der Waals surface area (Å²) in [5.74, 6) is 0.570. The van der Waals surface area contributed by atoms with E-state index < -0.39 is 22.5 Å². The third kappa shape index (κ3) is 5.55. The first-order chi connectivity index (χ1) is 16.2. The predicted molar refractivity (Wildman–Crippen MR) is 132 cm³/mol. The third-order valence-corrected chi connectivity index (χ3v) is 7.09. The molecule has 0 aromatic heterocycles. The van der Waals surface area contributed by atoms with Crippen molar-refractivity contribution in [2.24, 2.45) is 0 Å². The number of methoxy groups -OCH3 is 3. The van der Waals surface area contributed by atoms with Gasteiger partial charge in [0, 0.05) is 12.1 Å². The summed E-state index contributed by atoms with van der Waals surface area (Å²) in [6.45, 7) is 1.41. The maximum absolute atomic E-state index is 13.5. The fourth-order valence-electron chi connectivity index (χ4n) is 3.18. The maximum Gasteiger partial charge on any atom is 0.264 e. The molecule has 0 spiro atoms. The van der Waals surface area contributed by atoms with Crippen molar-refractivity contribution in [3.05, 3.63) is 71.2 Å². The molecular formula is C24H25ClN2O6S. The summed E-state index contributed by atoms with van der Waals surface area (Å²) in [7, 11) is 0.293. The largest absolute Gasteiger partial charge is 0.497 e. The van der Waals surface area contributed by atoms with Gasteiger partial charge in [0.15, 0.2) is 0 Å². The van der Waals surface area contributed by atoms with Crippen LogP contribution in [0.25, 0.3) is 0 Å². The molecule has 0 atom stereocenters. The van der Waals surface area contributed by atoms with Crippen molar-refractivity contribution >= 4 is 38.9 Å². The van der Waals surface area contributed by atoms with Gasteiger partial charge >= 0.3 is 0 Å². The molecule has 10 heteroatoms. The second-order valence-electron chi connectivity index (χ2n) is 7.26. The molecule has 8 nitrogen and oxygen atoms in total. The highest BCUT2D eigenvalue weighted by Crippen LogP contribution is 2.36. The van der Waals surface area contributed by atoms with E-state index in [1.54, 1.807) is 36.4 Å². The van der Waals surface area contributed by atoms with Crippen LogP contribution in [0.1, 0.15) is 5.56 Å². The fraction of sp³-hybridized carbons (Fsp3) is 0.208. The Hall–Kier alpha value is -3.43. The van der Waals surface area contributed by atoms with Crippen molar-refractivity contribution in [3.8, 4) is 17.2 Å². The molecular weight excluding hydrogens is 480 g/mol. The van der Waals surface area contributed by atoms with Crippen molar-refractivity contribution in [3.63, 3.8) is 0 Å². The van der Waals surface area contributed by atoms with Gasteiger partial charge in [-0.25, -0.2) is 8.42 Å². The Morgan fingerprint density at radius 2 is 1.53 bits per heavy atom. The van der Waals surface area contributed by atoms with Gasteiger partial charge in [0.2, 0.25) is 5.91 Å². The van der Waals surface area contributed by atoms with E-state index in [1.165, 1.54) is 45.6 Å². The lowest BCUT2D eigenvalue weighted by atomic mass is 10.2. The fourth-order valence-corrected chi connectivity index (χ4v) is 4.83. The molecule has 1 amide bonds. The number of carbonyl (C=O) groups excluding carboxylic acids is 1. The topological polar surface area (TPSA) is 94.2 Å². The molecule has 3 aromatic carbocycles. The van der Waals surface area contributed by atoms with Crippen molar-refractivity contribution in [1.82, 2.24) is 0 Å². The Morgan fingerprint density at radius 1 is 0.912 bits per heavy atom. The number of rotatable bonds is 9. The number of aryl methyl sites for hydroxylation is 1. The molecule has 3 rings (SSSR count). The van der Waals surface area contributed by atoms with E-state index in [0.29, 0.717) is 33.6 Å². The molecule has 34 heavy (non-hydrogen) atoms. The van der Waals surface area contributed by atoms with Crippen LogP contribution in [0.15, 0.2) is 65.6 Å². The molecule has 0 radical (unpaired) electrons. The van der Waals surface area contributed by atoms with Crippen LogP contribution in [0.3, 0.4) is 0 Å². The molecule has 0 aliphatic heterocycles. The third-order valence-electron chi connectivity index (χ3n) is 5.00. The van der Waals surface area contributed by atoms with Gasteiger partial charge < -0.3 is 19.5 Å². The van der Waals surface area contributed by atoms with Crippen LogP contribution in [0, 0.1) is 6.92 Å². The van der Waals surface area contributed by atoms with Crippen LogP contribution in [0.4, 0.5) is 11.4 Å². The van der Waals surface area contributed by atoms with Crippen LogP contribution in [-0.4, -0.2) is 42.2 Å². The predicted octanol–water partition coefficient (Wildman–Crippen LogP) is 4.51. The molecule has 1 N–H and O–H groups in total. The lowest BCUT2D eigenvalue weighted by molar-refractivity contribution is -0.114. The Balaban J connectivity index is 1.96. The number of nitrogens with zero attached hydrogens (tertiary/aromatic N) is 1. The minimum atomic E-state index is -4.07. The van der Waals surface area contributed by atoms with Crippen LogP contribution < -0.4 is 23.8 Å². The Labute approximate surface area is 204 Å². The molecule has 3 aromatic rings. The SMILES string of the molecule is COc1ccc(S(=O)(=O)N(CC(=O)Nc2cc(OC)c(Cl)cc2OC)c2ccc(C)cc2)cc1. The van der Waals surface area contributed by atoms with Gasteiger partial charge in [-0.05, 0) is 43.3 Å². The molecule has 0 heterocycles. The molecule has 0 aliphatic carbocycles. The zero-order valence-electron chi connectivity index (χ0n) is 19.2. The van der Waals surface area contributed by atoms with Gasteiger partial charge in [0.25, 0.3) is 10.0 Å². The van der Waals surface area contributed by atoms with Gasteiger partial charge in [0.1, 0.15) is 23.8 Å². The maximum atomic E-state index is 13.5. The van der Waals surface area contributed by atoms with Gasteiger partial charge in [-0.1, -0.05) is 29.3 Å². The second-order valence-corrected chi connectivity index (χ2v) is 9.53. The Kier molecular flexibility index (Phi) is 7.90. The van der Waals surface area contributed by atoms with Crippen LogP contribution >= 0.6 is 11.6 Å². The number of hydrogen-bond acceptors (Lipinski definition) is 6. The number of benzene rings is 3. The number of sulfonamides is 1. The first kappa shape index (κ1) is 25.2. The monoisotopic (exact) mass is 504 g/mol. The van der Waals surface area contributed by atoms with Crippen LogP contribution in [0.5, 0.6) is 17.2 Å². The number of carbonyl (C=O) groups is 1. The Bertz CT molecular complexity index is 1260. The lowest BCUT2D eigenvalue weighted by Crippen LogP contribution is -2.38. The highest BCUT2D eigenvalue weighted by molar-refractivity contribution is 7.92. The van der Waals surface area contributed by atoms with E-state index in [9.17, 15) is 13.2 Å². The van der Waals surface area contributed by atoms with Gasteiger partial charge in [0.05, 0.1) is 42.6 Å². The molecule has 180 valence electrons. The van der Waals surface area contributed by atoms with Crippen molar-refractivity contribution < 1.29 is 27.4 Å². The zero-order chi connectivity index (χ0) is 24.9. The highest BCUT2D eigenvalue weighted by atomic mass is 35.5. The van der Waals surface area contributed by atoms with E-state index >= 15 is 0 Å². The number of amides is 1. The first-order valence-electron chi connectivity index (χ1n) is 10.1. The van der Waals surface area contributed by atoms with Crippen molar-refractivity contribution in [2.45, 2.75) is 11.8 Å². The normalized spacial score (nSPS) is 11.0. The van der Waals surface area contributed by atoms with E-state index in [-0.39, 0.29) is 4.90 Å². The molecule has 0 bridgehead atoms. The lowest BCUT2D eigenvalue weighted by Gasteiger charge is -2.24. The number of nitrogens with one attached hydrogen (secondary N) is 1. The van der Waals surface area contributed by atoms with Crippen LogP contribution in [0.2, 0.25) is 5.02 Å². The highest BCUT2D eigenvalue weighted by Gasteiger charge is 2.28. The zero-order valence-corrected chi connectivity index (χ0v) is 20.7. The molecule has 0 saturated carbocycles. The van der Waals surface area contributed by atoms with Gasteiger partial charge in [-0.3, -0.25) is 9.10 Å². The standard InChI is InChI=1S/C24H25ClN2O6S/c1-16-5-7-17(8-6-16)27(34(29,30)19-11-9-18(31-2)10-12-19)15-24(28)26-21-14-22(32-3)20(25)13-23(21)33-4/h5-14H,15H2,1-4H3,(H,26,28). The number of hydrogen-bond donors (Lipinski definition) is 1. The first-order valence-corrected chi connectivity index (χ1v) is 12.0. The summed E-state index contributed by atoms with van der Waals surface area (Å²) in [4.78, 5) is 13.0. The van der Waals surface area contributed by atoms with Crippen molar-refractivity contribution in [2.75, 3.05) is 37.5 Å². The smallest absolute Gasteiger partial charge is 0.264 e. The molecule has 0 unspecified atom stereocenters. The summed E-state index contributed by atoms with van der Waals surface area (Å²) in [6, 6.07) is 15.8.